The maximum atomic E-state index is 13.3. The Morgan fingerprint density at radius 1 is 1.04 bits per heavy atom. The Morgan fingerprint density at radius 2 is 1.68 bits per heavy atom. The van der Waals surface area contributed by atoms with Crippen LogP contribution in [0.4, 0.5) is 33.1 Å². The summed E-state index contributed by atoms with van der Waals surface area (Å²) in [5.41, 5.74) is 0.463. The van der Waals surface area contributed by atoms with Gasteiger partial charge in [-0.25, -0.2) is 14.4 Å². The molecule has 0 fully saturated rings. The molecule has 1 aromatic heterocycles. The lowest BCUT2D eigenvalue weighted by Crippen LogP contribution is -2.05. The second kappa shape index (κ2) is 7.16. The summed E-state index contributed by atoms with van der Waals surface area (Å²) >= 11 is 5.75. The van der Waals surface area contributed by atoms with Gasteiger partial charge < -0.3 is 20.1 Å². The van der Waals surface area contributed by atoms with E-state index in [0.29, 0.717) is 22.9 Å². The summed E-state index contributed by atoms with van der Waals surface area (Å²) in [6.07, 6.45) is 1.16. The molecule has 1 aliphatic heterocycles. The summed E-state index contributed by atoms with van der Waals surface area (Å²) in [7, 11) is 0. The lowest BCUT2D eigenvalue weighted by molar-refractivity contribution is -0.383. The molecule has 3 aromatic rings. The van der Waals surface area contributed by atoms with Crippen LogP contribution >= 0.6 is 11.6 Å². The number of nitro groups is 1. The van der Waals surface area contributed by atoms with Gasteiger partial charge in [0.05, 0.1) is 9.95 Å². The van der Waals surface area contributed by atoms with Gasteiger partial charge in [0.1, 0.15) is 12.1 Å². The smallest absolute Gasteiger partial charge is 0.353 e. The van der Waals surface area contributed by atoms with Crippen LogP contribution in [0.3, 0.4) is 0 Å². The van der Waals surface area contributed by atoms with Gasteiger partial charge in [-0.05, 0) is 30.3 Å². The molecule has 0 unspecified atom stereocenters. The first-order chi connectivity index (χ1) is 13.5. The van der Waals surface area contributed by atoms with Gasteiger partial charge in [0.25, 0.3) is 0 Å². The summed E-state index contributed by atoms with van der Waals surface area (Å²) in [6.45, 7) is 0.112. The minimum atomic E-state index is -0.622. The normalized spacial score (nSPS) is 11.9. The third-order valence-electron chi connectivity index (χ3n) is 3.82. The van der Waals surface area contributed by atoms with E-state index in [1.165, 1.54) is 12.1 Å². The van der Waals surface area contributed by atoms with Gasteiger partial charge in [-0.3, -0.25) is 10.1 Å². The van der Waals surface area contributed by atoms with Crippen molar-refractivity contribution in [3.05, 3.63) is 63.7 Å². The summed E-state index contributed by atoms with van der Waals surface area (Å²) in [5.74, 6) is 0.384. The fraction of sp³-hybridized carbons (Fsp3) is 0.0588. The third kappa shape index (κ3) is 3.45. The highest BCUT2D eigenvalue weighted by Crippen LogP contribution is 2.37. The van der Waals surface area contributed by atoms with Crippen molar-refractivity contribution in [2.45, 2.75) is 0 Å². The van der Waals surface area contributed by atoms with E-state index in [-0.39, 0.29) is 29.1 Å². The molecule has 0 saturated heterocycles. The second-order valence-corrected chi connectivity index (χ2v) is 6.03. The SMILES string of the molecule is O=[N+]([O-])c1c(Nc2ccc(F)c(Cl)c2)ncnc1Nc1ccc2c(c1)OCO2. The molecule has 2 aromatic carbocycles. The number of aromatic nitrogens is 2. The molecule has 0 aliphatic carbocycles. The van der Waals surface area contributed by atoms with Crippen LogP contribution in [-0.2, 0) is 0 Å². The number of rotatable bonds is 5. The number of hydrogen-bond donors (Lipinski definition) is 2. The van der Waals surface area contributed by atoms with Gasteiger partial charge in [-0.1, -0.05) is 11.6 Å². The third-order valence-corrected chi connectivity index (χ3v) is 4.11. The Bertz CT molecular complexity index is 1080. The average molecular weight is 404 g/mol. The molecule has 0 bridgehead atoms. The van der Waals surface area contributed by atoms with Gasteiger partial charge in [0.15, 0.2) is 11.5 Å². The van der Waals surface area contributed by atoms with E-state index in [1.54, 1.807) is 18.2 Å². The maximum absolute atomic E-state index is 13.3. The van der Waals surface area contributed by atoms with Crippen molar-refractivity contribution in [2.24, 2.45) is 0 Å². The predicted octanol–water partition coefficient (Wildman–Crippen LogP) is 4.39. The standard InChI is InChI=1S/C17H11ClFN5O4/c18-11-5-9(1-3-12(11)19)22-16-15(24(25)26)17(21-7-20-16)23-10-2-4-13-14(6-10)28-8-27-13/h1-7H,8H2,(H2,20,21,22,23). The number of ether oxygens (including phenoxy) is 2. The summed E-state index contributed by atoms with van der Waals surface area (Å²) in [5, 5.41) is 17.2. The highest BCUT2D eigenvalue weighted by Gasteiger charge is 2.24. The van der Waals surface area contributed by atoms with Gasteiger partial charge in [-0.15, -0.1) is 0 Å². The first-order valence-electron chi connectivity index (χ1n) is 7.89. The molecule has 1 aliphatic rings. The zero-order chi connectivity index (χ0) is 19.7. The Labute approximate surface area is 162 Å². The Kier molecular flexibility index (Phi) is 4.53. The van der Waals surface area contributed by atoms with Crippen molar-refractivity contribution in [1.29, 1.82) is 0 Å². The largest absolute Gasteiger partial charge is 0.454 e. The minimum Gasteiger partial charge on any atom is -0.454 e. The van der Waals surface area contributed by atoms with Crippen molar-refractivity contribution in [3.63, 3.8) is 0 Å². The van der Waals surface area contributed by atoms with E-state index < -0.39 is 10.7 Å². The number of nitrogens with zero attached hydrogens (tertiary/aromatic N) is 3. The average Bonchev–Trinajstić information content (AvgIpc) is 3.12. The molecule has 0 saturated carbocycles. The quantitative estimate of drug-likeness (QED) is 0.476. The molecule has 2 N–H and O–H groups in total. The van der Waals surface area contributed by atoms with Crippen LogP contribution in [0.15, 0.2) is 42.7 Å². The van der Waals surface area contributed by atoms with Crippen molar-refractivity contribution >= 4 is 40.3 Å². The summed E-state index contributed by atoms with van der Waals surface area (Å²) < 4.78 is 23.9. The van der Waals surface area contributed by atoms with Crippen LogP contribution in [0, 0.1) is 15.9 Å². The molecule has 9 nitrogen and oxygen atoms in total. The summed E-state index contributed by atoms with van der Waals surface area (Å²) in [4.78, 5) is 18.9. The Hall–Kier alpha value is -3.66. The second-order valence-electron chi connectivity index (χ2n) is 5.62. The first kappa shape index (κ1) is 17.7. The topological polar surface area (TPSA) is 111 Å². The van der Waals surface area contributed by atoms with Crippen molar-refractivity contribution < 1.29 is 18.8 Å². The predicted molar refractivity (Wildman–Crippen MR) is 99.2 cm³/mol. The number of halogens is 2. The molecule has 11 heteroatoms. The highest BCUT2D eigenvalue weighted by molar-refractivity contribution is 6.31. The molecule has 142 valence electrons. The Morgan fingerprint density at radius 3 is 2.36 bits per heavy atom. The van der Waals surface area contributed by atoms with E-state index in [0.717, 1.165) is 12.4 Å². The number of benzene rings is 2. The molecule has 0 radical (unpaired) electrons. The van der Waals surface area contributed by atoms with Crippen LogP contribution < -0.4 is 20.1 Å². The lowest BCUT2D eigenvalue weighted by Gasteiger charge is -2.11. The number of nitrogens with one attached hydrogen (secondary N) is 2. The van der Waals surface area contributed by atoms with Crippen LogP contribution in [-0.4, -0.2) is 21.7 Å². The molecule has 28 heavy (non-hydrogen) atoms. The van der Waals surface area contributed by atoms with E-state index >= 15 is 0 Å². The Balaban J connectivity index is 1.67. The zero-order valence-electron chi connectivity index (χ0n) is 14.0. The van der Waals surface area contributed by atoms with Crippen LogP contribution in [0.2, 0.25) is 5.02 Å². The van der Waals surface area contributed by atoms with Gasteiger partial charge >= 0.3 is 5.69 Å². The maximum Gasteiger partial charge on any atom is 0.353 e. The zero-order valence-corrected chi connectivity index (χ0v) is 14.7. The molecular formula is C17H11ClFN5O4. The molecule has 0 spiro atoms. The fourth-order valence-electron chi connectivity index (χ4n) is 2.56. The van der Waals surface area contributed by atoms with Gasteiger partial charge in [0.2, 0.25) is 18.4 Å². The van der Waals surface area contributed by atoms with Crippen molar-refractivity contribution in [2.75, 3.05) is 17.4 Å². The van der Waals surface area contributed by atoms with E-state index in [1.807, 2.05) is 0 Å². The molecular weight excluding hydrogens is 393 g/mol. The monoisotopic (exact) mass is 403 g/mol. The van der Waals surface area contributed by atoms with Gasteiger partial charge in [0, 0.05) is 17.4 Å². The number of fused-ring (bicyclic) bond motifs is 1. The van der Waals surface area contributed by atoms with Crippen LogP contribution in [0.5, 0.6) is 11.5 Å². The minimum absolute atomic E-state index is 0.0328. The van der Waals surface area contributed by atoms with Crippen LogP contribution in [0.1, 0.15) is 0 Å². The number of hydrogen-bond acceptors (Lipinski definition) is 8. The highest BCUT2D eigenvalue weighted by atomic mass is 35.5. The van der Waals surface area contributed by atoms with E-state index in [4.69, 9.17) is 21.1 Å². The first-order valence-corrected chi connectivity index (χ1v) is 8.27. The van der Waals surface area contributed by atoms with Crippen LogP contribution in [0.25, 0.3) is 0 Å². The molecule has 0 amide bonds. The molecule has 4 rings (SSSR count). The van der Waals surface area contributed by atoms with E-state index in [9.17, 15) is 14.5 Å². The van der Waals surface area contributed by atoms with Crippen molar-refractivity contribution in [3.8, 4) is 11.5 Å². The lowest BCUT2D eigenvalue weighted by atomic mass is 10.2. The van der Waals surface area contributed by atoms with Crippen molar-refractivity contribution in [1.82, 2.24) is 9.97 Å². The van der Waals surface area contributed by atoms with Gasteiger partial charge in [-0.2, -0.15) is 0 Å². The van der Waals surface area contributed by atoms with E-state index in [2.05, 4.69) is 20.6 Å². The molecule has 0 atom stereocenters. The summed E-state index contributed by atoms with van der Waals surface area (Å²) in [6, 6.07) is 8.82. The fourth-order valence-corrected chi connectivity index (χ4v) is 2.74. The number of anilines is 4. The molecule has 2 heterocycles.